The lowest BCUT2D eigenvalue weighted by molar-refractivity contribution is 0.541. The molecule has 0 aliphatic heterocycles. The Bertz CT molecular complexity index is 842. The van der Waals surface area contributed by atoms with Gasteiger partial charge in [-0.05, 0) is 12.3 Å². The van der Waals surface area contributed by atoms with Crippen molar-refractivity contribution >= 4 is 0 Å². The number of nitrogens with zero attached hydrogens (tertiary/aromatic N) is 4. The van der Waals surface area contributed by atoms with Gasteiger partial charge in [-0.2, -0.15) is 10.5 Å². The van der Waals surface area contributed by atoms with Gasteiger partial charge in [-0.1, -0.05) is 20.3 Å². The number of halogens is 3. The number of rotatable bonds is 4. The van der Waals surface area contributed by atoms with E-state index in [4.69, 9.17) is 5.26 Å². The van der Waals surface area contributed by atoms with E-state index in [2.05, 4.69) is 9.97 Å². The van der Waals surface area contributed by atoms with Crippen LogP contribution in [0.3, 0.4) is 0 Å². The van der Waals surface area contributed by atoms with E-state index < -0.39 is 23.0 Å². The second kappa shape index (κ2) is 7.10. The number of nitriles is 2. The van der Waals surface area contributed by atoms with E-state index in [9.17, 15) is 18.4 Å². The molecule has 0 N–H and O–H groups in total. The molecule has 1 aromatic carbocycles. The fraction of sp³-hybridized carbons (Fsp3) is 0.294. The van der Waals surface area contributed by atoms with Crippen LogP contribution in [-0.4, -0.2) is 9.97 Å². The van der Waals surface area contributed by atoms with E-state index in [1.165, 1.54) is 0 Å². The zero-order valence-electron chi connectivity index (χ0n) is 13.1. The molecule has 1 aromatic heterocycles. The van der Waals surface area contributed by atoms with Crippen LogP contribution in [0.15, 0.2) is 12.1 Å². The van der Waals surface area contributed by atoms with E-state index in [0.717, 1.165) is 6.42 Å². The van der Waals surface area contributed by atoms with Crippen LogP contribution in [-0.2, 0) is 6.42 Å². The standard InChI is InChI=1S/C17H13F3N4/c1-3-9(2)4-13-17(14(7-21)24-15(8-22)23-13)16-11(19)5-10(18)6-12(16)20/h5-6,9H,3-4H2,1-2H3. The predicted molar refractivity (Wildman–Crippen MR) is 79.9 cm³/mol. The molecule has 7 heteroatoms. The van der Waals surface area contributed by atoms with E-state index in [-0.39, 0.29) is 28.7 Å². The van der Waals surface area contributed by atoms with Crippen molar-refractivity contribution in [1.29, 1.82) is 10.5 Å². The highest BCUT2D eigenvalue weighted by atomic mass is 19.1. The molecule has 0 aliphatic carbocycles. The lowest BCUT2D eigenvalue weighted by atomic mass is 9.94. The van der Waals surface area contributed by atoms with Crippen molar-refractivity contribution in [2.45, 2.75) is 26.7 Å². The average Bonchev–Trinajstić information content (AvgIpc) is 2.54. The van der Waals surface area contributed by atoms with Gasteiger partial charge in [0.2, 0.25) is 5.82 Å². The van der Waals surface area contributed by atoms with Crippen molar-refractivity contribution in [1.82, 2.24) is 9.97 Å². The quantitative estimate of drug-likeness (QED) is 0.852. The molecule has 0 aliphatic rings. The first kappa shape index (κ1) is 17.4. The van der Waals surface area contributed by atoms with Crippen LogP contribution in [0.1, 0.15) is 37.5 Å². The Kier molecular flexibility index (Phi) is 5.15. The van der Waals surface area contributed by atoms with E-state index >= 15 is 0 Å². The summed E-state index contributed by atoms with van der Waals surface area (Å²) < 4.78 is 41.5. The van der Waals surface area contributed by atoms with Gasteiger partial charge >= 0.3 is 0 Å². The minimum Gasteiger partial charge on any atom is -0.223 e. The Morgan fingerprint density at radius 2 is 1.67 bits per heavy atom. The summed E-state index contributed by atoms with van der Waals surface area (Å²) in [5.74, 6) is -3.52. The van der Waals surface area contributed by atoms with Gasteiger partial charge in [0.1, 0.15) is 29.6 Å². The molecule has 4 nitrogen and oxygen atoms in total. The second-order valence-electron chi connectivity index (χ2n) is 5.40. The van der Waals surface area contributed by atoms with Gasteiger partial charge in [0.25, 0.3) is 0 Å². The Labute approximate surface area is 137 Å². The highest BCUT2D eigenvalue weighted by molar-refractivity contribution is 5.72. The minimum absolute atomic E-state index is 0.100. The molecule has 0 spiro atoms. The van der Waals surface area contributed by atoms with Crippen molar-refractivity contribution in [3.63, 3.8) is 0 Å². The largest absolute Gasteiger partial charge is 0.233 e. The first-order valence-corrected chi connectivity index (χ1v) is 7.27. The van der Waals surface area contributed by atoms with Crippen molar-refractivity contribution in [3.8, 4) is 23.3 Å². The van der Waals surface area contributed by atoms with Gasteiger partial charge in [-0.25, -0.2) is 23.1 Å². The van der Waals surface area contributed by atoms with Crippen molar-refractivity contribution < 1.29 is 13.2 Å². The van der Waals surface area contributed by atoms with E-state index in [1.807, 2.05) is 13.8 Å². The summed E-state index contributed by atoms with van der Waals surface area (Å²) in [5.41, 5.74) is -0.816. The molecule has 0 fully saturated rings. The van der Waals surface area contributed by atoms with Gasteiger partial charge in [0.15, 0.2) is 5.69 Å². The molecule has 1 heterocycles. The van der Waals surface area contributed by atoms with Crippen LogP contribution in [0.5, 0.6) is 0 Å². The number of hydrogen-bond donors (Lipinski definition) is 0. The third kappa shape index (κ3) is 3.36. The third-order valence-electron chi connectivity index (χ3n) is 3.69. The van der Waals surface area contributed by atoms with Crippen LogP contribution < -0.4 is 0 Å². The fourth-order valence-electron chi connectivity index (χ4n) is 2.30. The number of hydrogen-bond acceptors (Lipinski definition) is 4. The molecular formula is C17H13F3N4. The molecule has 0 saturated carbocycles. The molecule has 122 valence electrons. The molecular weight excluding hydrogens is 317 g/mol. The summed E-state index contributed by atoms with van der Waals surface area (Å²) in [6, 6.07) is 4.53. The van der Waals surface area contributed by atoms with Crippen molar-refractivity contribution in [3.05, 3.63) is 46.8 Å². The smallest absolute Gasteiger partial charge is 0.223 e. The molecule has 2 rings (SSSR count). The SMILES string of the molecule is CCC(C)Cc1nc(C#N)nc(C#N)c1-c1c(F)cc(F)cc1F. The van der Waals surface area contributed by atoms with Gasteiger partial charge < -0.3 is 0 Å². The zero-order chi connectivity index (χ0) is 17.9. The van der Waals surface area contributed by atoms with Gasteiger partial charge in [-0.3, -0.25) is 0 Å². The molecule has 2 aromatic rings. The molecule has 0 saturated heterocycles. The maximum atomic E-state index is 14.2. The topological polar surface area (TPSA) is 73.4 Å². The van der Waals surface area contributed by atoms with Gasteiger partial charge in [0, 0.05) is 17.7 Å². The second-order valence-corrected chi connectivity index (χ2v) is 5.40. The maximum absolute atomic E-state index is 14.2. The summed E-state index contributed by atoms with van der Waals surface area (Å²) in [6.45, 7) is 3.84. The zero-order valence-corrected chi connectivity index (χ0v) is 13.1. The Morgan fingerprint density at radius 1 is 1.04 bits per heavy atom. The fourth-order valence-corrected chi connectivity index (χ4v) is 2.30. The molecule has 24 heavy (non-hydrogen) atoms. The highest BCUT2D eigenvalue weighted by Gasteiger charge is 2.24. The Hall–Kier alpha value is -2.93. The van der Waals surface area contributed by atoms with E-state index in [0.29, 0.717) is 18.6 Å². The molecule has 0 bridgehead atoms. The Morgan fingerprint density at radius 3 is 2.17 bits per heavy atom. The number of aromatic nitrogens is 2. The van der Waals surface area contributed by atoms with Crippen LogP contribution in [0.4, 0.5) is 13.2 Å². The molecule has 0 radical (unpaired) electrons. The maximum Gasteiger partial charge on any atom is 0.233 e. The monoisotopic (exact) mass is 330 g/mol. The lowest BCUT2D eigenvalue weighted by Gasteiger charge is -2.15. The summed E-state index contributed by atoms with van der Waals surface area (Å²) >= 11 is 0. The number of benzene rings is 1. The highest BCUT2D eigenvalue weighted by Crippen LogP contribution is 2.32. The molecule has 1 unspecified atom stereocenters. The summed E-state index contributed by atoms with van der Waals surface area (Å²) in [6.07, 6.45) is 1.07. The van der Waals surface area contributed by atoms with Crippen LogP contribution in [0.25, 0.3) is 11.1 Å². The van der Waals surface area contributed by atoms with Crippen LogP contribution >= 0.6 is 0 Å². The normalized spacial score (nSPS) is 11.6. The Balaban J connectivity index is 2.82. The first-order chi connectivity index (χ1) is 11.4. The minimum atomic E-state index is -1.15. The lowest BCUT2D eigenvalue weighted by Crippen LogP contribution is -2.10. The average molecular weight is 330 g/mol. The molecule has 0 amide bonds. The van der Waals surface area contributed by atoms with Crippen molar-refractivity contribution in [2.75, 3.05) is 0 Å². The summed E-state index contributed by atoms with van der Waals surface area (Å²) in [5, 5.41) is 18.3. The predicted octanol–water partition coefficient (Wildman–Crippen LogP) is 3.89. The first-order valence-electron chi connectivity index (χ1n) is 7.27. The third-order valence-corrected chi connectivity index (χ3v) is 3.69. The van der Waals surface area contributed by atoms with Crippen LogP contribution in [0.2, 0.25) is 0 Å². The molecule has 1 atom stereocenters. The van der Waals surface area contributed by atoms with Crippen LogP contribution in [0, 0.1) is 46.0 Å². The summed E-state index contributed by atoms with van der Waals surface area (Å²) in [7, 11) is 0. The van der Waals surface area contributed by atoms with Gasteiger partial charge in [0.05, 0.1) is 11.3 Å². The summed E-state index contributed by atoms with van der Waals surface area (Å²) in [4.78, 5) is 7.74. The van der Waals surface area contributed by atoms with Crippen molar-refractivity contribution in [2.24, 2.45) is 5.92 Å². The van der Waals surface area contributed by atoms with Gasteiger partial charge in [-0.15, -0.1) is 0 Å². The van der Waals surface area contributed by atoms with E-state index in [1.54, 1.807) is 12.1 Å².